The van der Waals surface area contributed by atoms with Crippen molar-refractivity contribution in [3.05, 3.63) is 53.3 Å². The fourth-order valence-corrected chi connectivity index (χ4v) is 7.53. The van der Waals surface area contributed by atoms with Crippen LogP contribution in [0.15, 0.2) is 36.4 Å². The molecule has 1 aromatic heterocycles. The first-order chi connectivity index (χ1) is 19.2. The number of sulfonamides is 1. The Morgan fingerprint density at radius 2 is 1.77 bits per heavy atom. The van der Waals surface area contributed by atoms with Crippen LogP contribution < -0.4 is 9.46 Å². The maximum atomic E-state index is 14.8. The van der Waals surface area contributed by atoms with Gasteiger partial charge in [0.05, 0.1) is 18.0 Å². The minimum absolute atomic E-state index is 0.125. The number of nitrogens with one attached hydrogen (secondary N) is 1. The van der Waals surface area contributed by atoms with Gasteiger partial charge in [-0.1, -0.05) is 25.3 Å². The van der Waals surface area contributed by atoms with Crippen LogP contribution in [-0.2, 0) is 16.6 Å². The highest BCUT2D eigenvalue weighted by Crippen LogP contribution is 2.48. The highest BCUT2D eigenvalue weighted by atomic mass is 32.2. The molecule has 1 saturated carbocycles. The van der Waals surface area contributed by atoms with E-state index < -0.39 is 15.9 Å². The number of aromatic nitrogens is 1. The number of amides is 1. The van der Waals surface area contributed by atoms with Crippen molar-refractivity contribution in [3.63, 3.8) is 0 Å². The van der Waals surface area contributed by atoms with E-state index in [-0.39, 0.29) is 23.4 Å². The lowest BCUT2D eigenvalue weighted by Gasteiger charge is -2.30. The summed E-state index contributed by atoms with van der Waals surface area (Å²) in [5.74, 6) is -0.138. The zero-order valence-corrected chi connectivity index (χ0v) is 24.0. The summed E-state index contributed by atoms with van der Waals surface area (Å²) in [6.07, 6.45) is 5.68. The quantitative estimate of drug-likeness (QED) is 0.464. The Bertz CT molecular complexity index is 1550. The van der Waals surface area contributed by atoms with Gasteiger partial charge in [-0.3, -0.25) is 9.69 Å². The molecule has 1 amide bonds. The zero-order chi connectivity index (χ0) is 28.0. The number of hydrogen-bond donors (Lipinski definition) is 1. The molecule has 2 aliphatic heterocycles. The second-order valence-electron chi connectivity index (χ2n) is 11.5. The molecular formula is C30H37FN4O4S. The molecule has 0 spiro atoms. The van der Waals surface area contributed by atoms with Gasteiger partial charge in [-0.2, -0.15) is 0 Å². The van der Waals surface area contributed by atoms with E-state index in [1.807, 2.05) is 20.2 Å². The van der Waals surface area contributed by atoms with E-state index in [0.29, 0.717) is 37.7 Å². The molecular weight excluding hydrogens is 531 g/mol. The summed E-state index contributed by atoms with van der Waals surface area (Å²) in [6.45, 7) is 2.49. The average molecular weight is 569 g/mol. The Morgan fingerprint density at radius 3 is 2.58 bits per heavy atom. The summed E-state index contributed by atoms with van der Waals surface area (Å²) >= 11 is 0. The molecule has 3 aromatic rings. The monoisotopic (exact) mass is 568 g/mol. The smallest absolute Gasteiger partial charge is 0.264 e. The van der Waals surface area contributed by atoms with Crippen LogP contribution in [0, 0.1) is 5.82 Å². The van der Waals surface area contributed by atoms with Crippen molar-refractivity contribution in [2.24, 2.45) is 0 Å². The third kappa shape index (κ3) is 5.24. The van der Waals surface area contributed by atoms with Crippen LogP contribution in [0.4, 0.5) is 4.39 Å². The second-order valence-corrected chi connectivity index (χ2v) is 13.4. The fourth-order valence-electron chi connectivity index (χ4n) is 6.52. The predicted octanol–water partition coefficient (Wildman–Crippen LogP) is 4.54. The van der Waals surface area contributed by atoms with E-state index in [1.54, 1.807) is 24.3 Å². The topological polar surface area (TPSA) is 83.9 Å². The standard InChI is InChI=1S/C30H37FN4O4S/c1-33-13-6-16-40(37,38)32-30(36)21-9-11-23-25(17-21)35-19-27(34(2)15-14-33)39-26-12-10-22(31)18-24(26)29(35)28(23)20-7-4-3-5-8-20/h9-12,17-18,20,27H,3-8,13-16,19H2,1-2H3,(H,32,36)/t27-/m0/s1. The Balaban J connectivity index is 1.59. The van der Waals surface area contributed by atoms with E-state index >= 15 is 0 Å². The van der Waals surface area contributed by atoms with Gasteiger partial charge < -0.3 is 14.2 Å². The first-order valence-electron chi connectivity index (χ1n) is 14.3. The number of likely N-dealkylation sites (N-methyl/N-ethyl adjacent to an activating group) is 2. The number of hydrogen-bond acceptors (Lipinski definition) is 6. The summed E-state index contributed by atoms with van der Waals surface area (Å²) < 4.78 is 51.3. The van der Waals surface area contributed by atoms with Crippen LogP contribution in [0.3, 0.4) is 0 Å². The number of benzene rings is 2. The van der Waals surface area contributed by atoms with Crippen LogP contribution in [0.25, 0.3) is 22.2 Å². The summed E-state index contributed by atoms with van der Waals surface area (Å²) in [5.41, 5.74) is 3.95. The molecule has 0 unspecified atom stereocenters. The molecule has 1 atom stereocenters. The minimum Gasteiger partial charge on any atom is -0.473 e. The summed E-state index contributed by atoms with van der Waals surface area (Å²) in [7, 11) is 0.203. The molecule has 40 heavy (non-hydrogen) atoms. The molecule has 1 fully saturated rings. The molecule has 3 heterocycles. The second kappa shape index (κ2) is 10.8. The normalized spacial score (nSPS) is 23.1. The molecule has 214 valence electrons. The van der Waals surface area contributed by atoms with E-state index in [0.717, 1.165) is 54.4 Å². The van der Waals surface area contributed by atoms with E-state index in [1.165, 1.54) is 18.1 Å². The maximum Gasteiger partial charge on any atom is 0.264 e. The highest BCUT2D eigenvalue weighted by molar-refractivity contribution is 7.90. The summed E-state index contributed by atoms with van der Waals surface area (Å²) in [5, 5.41) is 1.03. The Hall–Kier alpha value is -2.95. The highest BCUT2D eigenvalue weighted by Gasteiger charge is 2.33. The first-order valence-corrected chi connectivity index (χ1v) is 15.9. The number of fused-ring (bicyclic) bond motifs is 4. The number of rotatable bonds is 1. The fraction of sp³-hybridized carbons (Fsp3) is 0.500. The van der Waals surface area contributed by atoms with Crippen molar-refractivity contribution in [1.82, 2.24) is 19.1 Å². The molecule has 8 nitrogen and oxygen atoms in total. The zero-order valence-electron chi connectivity index (χ0n) is 23.2. The SMILES string of the molecule is CN1CCCS(=O)(=O)NC(=O)c2ccc3c(C4CCCCC4)c4n(c3c2)C[C@H](Oc2ccc(F)cc2-4)N(C)CC1. The Morgan fingerprint density at radius 1 is 0.975 bits per heavy atom. The molecule has 4 bridgehead atoms. The van der Waals surface area contributed by atoms with Crippen LogP contribution in [0.5, 0.6) is 5.75 Å². The van der Waals surface area contributed by atoms with Gasteiger partial charge in [-0.25, -0.2) is 17.5 Å². The number of halogens is 1. The van der Waals surface area contributed by atoms with Gasteiger partial charge in [-0.05, 0) is 81.7 Å². The number of carbonyl (C=O) groups excluding carboxylic acids is 1. The number of ether oxygens (including phenoxy) is 1. The van der Waals surface area contributed by atoms with Crippen molar-refractivity contribution >= 4 is 26.8 Å². The van der Waals surface area contributed by atoms with Gasteiger partial charge in [0.25, 0.3) is 5.91 Å². The van der Waals surface area contributed by atoms with Crippen molar-refractivity contribution in [2.75, 3.05) is 39.5 Å². The molecule has 1 N–H and O–H groups in total. The van der Waals surface area contributed by atoms with Crippen LogP contribution in [-0.4, -0.2) is 74.4 Å². The van der Waals surface area contributed by atoms with Crippen LogP contribution >= 0.6 is 0 Å². The van der Waals surface area contributed by atoms with Crippen molar-refractivity contribution in [3.8, 4) is 17.0 Å². The van der Waals surface area contributed by atoms with Crippen LogP contribution in [0.2, 0.25) is 0 Å². The van der Waals surface area contributed by atoms with E-state index in [9.17, 15) is 17.6 Å². The van der Waals surface area contributed by atoms with Gasteiger partial charge in [0, 0.05) is 35.1 Å². The number of nitrogens with zero attached hydrogens (tertiary/aromatic N) is 3. The van der Waals surface area contributed by atoms with Gasteiger partial charge in [0.2, 0.25) is 10.0 Å². The minimum atomic E-state index is -3.78. The Labute approximate surface area is 235 Å². The van der Waals surface area contributed by atoms with Gasteiger partial charge in [0.15, 0.2) is 6.23 Å². The molecule has 6 rings (SSSR count). The largest absolute Gasteiger partial charge is 0.473 e. The van der Waals surface area contributed by atoms with Crippen molar-refractivity contribution in [1.29, 1.82) is 0 Å². The molecule has 2 aromatic carbocycles. The average Bonchev–Trinajstić information content (AvgIpc) is 3.14. The first kappa shape index (κ1) is 27.2. The lowest BCUT2D eigenvalue weighted by atomic mass is 9.81. The van der Waals surface area contributed by atoms with E-state index in [2.05, 4.69) is 19.1 Å². The lowest BCUT2D eigenvalue weighted by molar-refractivity contribution is 0.0302. The lowest BCUT2D eigenvalue weighted by Crippen LogP contribution is -2.43. The molecule has 1 aliphatic carbocycles. The van der Waals surface area contributed by atoms with Gasteiger partial charge in [0.1, 0.15) is 11.6 Å². The predicted molar refractivity (Wildman–Crippen MR) is 154 cm³/mol. The van der Waals surface area contributed by atoms with Gasteiger partial charge >= 0.3 is 0 Å². The van der Waals surface area contributed by atoms with Crippen LogP contribution in [0.1, 0.15) is 60.4 Å². The molecule has 0 radical (unpaired) electrons. The van der Waals surface area contributed by atoms with Crippen molar-refractivity contribution < 1.29 is 22.3 Å². The molecule has 0 saturated heterocycles. The summed E-state index contributed by atoms with van der Waals surface area (Å²) in [6, 6.07) is 10.2. The molecule has 10 heteroatoms. The molecule has 3 aliphatic rings. The third-order valence-electron chi connectivity index (χ3n) is 8.70. The van der Waals surface area contributed by atoms with Gasteiger partial charge in [-0.15, -0.1) is 0 Å². The number of carbonyl (C=O) groups is 1. The maximum absolute atomic E-state index is 14.8. The summed E-state index contributed by atoms with van der Waals surface area (Å²) in [4.78, 5) is 17.4. The van der Waals surface area contributed by atoms with Crippen molar-refractivity contribution in [2.45, 2.75) is 57.2 Å². The Kier molecular flexibility index (Phi) is 7.35. The third-order valence-corrected chi connectivity index (χ3v) is 10.0. The van der Waals surface area contributed by atoms with E-state index in [4.69, 9.17) is 4.74 Å².